The molecule has 19 heavy (non-hydrogen) atoms. The maximum Gasteiger partial charge on any atom is 0.239 e. The lowest BCUT2D eigenvalue weighted by molar-refractivity contribution is -0.125. The van der Waals surface area contributed by atoms with E-state index in [2.05, 4.69) is 26.6 Å². The number of amides is 2. The van der Waals surface area contributed by atoms with E-state index in [1.807, 2.05) is 25.1 Å². The van der Waals surface area contributed by atoms with Crippen molar-refractivity contribution in [3.05, 3.63) is 33.8 Å². The zero-order valence-corrected chi connectivity index (χ0v) is 12.9. The maximum absolute atomic E-state index is 11.4. The van der Waals surface area contributed by atoms with Crippen molar-refractivity contribution in [2.24, 2.45) is 5.73 Å². The highest BCUT2D eigenvalue weighted by Crippen LogP contribution is 2.15. The van der Waals surface area contributed by atoms with Crippen molar-refractivity contribution in [1.82, 2.24) is 10.6 Å². The summed E-state index contributed by atoms with van der Waals surface area (Å²) in [6, 6.07) is 5.85. The number of rotatable bonds is 5. The largest absolute Gasteiger partial charge is 0.350 e. The molecule has 1 aromatic carbocycles. The third-order valence-electron chi connectivity index (χ3n) is 2.41. The Bertz CT molecular complexity index is 455. The average Bonchev–Trinajstić information content (AvgIpc) is 2.34. The van der Waals surface area contributed by atoms with E-state index < -0.39 is 0 Å². The highest BCUT2D eigenvalue weighted by molar-refractivity contribution is 9.10. The van der Waals surface area contributed by atoms with E-state index in [0.29, 0.717) is 6.54 Å². The van der Waals surface area contributed by atoms with Crippen LogP contribution in [0, 0.1) is 6.92 Å². The smallest absolute Gasteiger partial charge is 0.239 e. The van der Waals surface area contributed by atoms with Gasteiger partial charge in [0.05, 0.1) is 13.1 Å². The van der Waals surface area contributed by atoms with Gasteiger partial charge in [-0.1, -0.05) is 22.0 Å². The Hall–Kier alpha value is -1.11. The molecule has 7 heteroatoms. The van der Waals surface area contributed by atoms with E-state index in [9.17, 15) is 9.59 Å². The van der Waals surface area contributed by atoms with Crippen LogP contribution in [0.2, 0.25) is 0 Å². The van der Waals surface area contributed by atoms with Crippen LogP contribution in [0.15, 0.2) is 22.7 Å². The molecule has 0 atom stereocenters. The average molecular weight is 351 g/mol. The molecule has 5 nitrogen and oxygen atoms in total. The summed E-state index contributed by atoms with van der Waals surface area (Å²) in [5.74, 6) is -0.580. The summed E-state index contributed by atoms with van der Waals surface area (Å²) in [5.41, 5.74) is 7.24. The Morgan fingerprint density at radius 3 is 2.53 bits per heavy atom. The maximum atomic E-state index is 11.4. The second-order valence-electron chi connectivity index (χ2n) is 3.83. The molecule has 1 rings (SSSR count). The first-order valence-corrected chi connectivity index (χ1v) is 6.30. The Balaban J connectivity index is 0.00000324. The van der Waals surface area contributed by atoms with Crippen LogP contribution >= 0.6 is 28.3 Å². The van der Waals surface area contributed by atoms with Crippen LogP contribution in [-0.4, -0.2) is 24.9 Å². The normalized spacial score (nSPS) is 9.42. The van der Waals surface area contributed by atoms with E-state index in [1.165, 1.54) is 0 Å². The third kappa shape index (κ3) is 6.56. The molecule has 0 saturated heterocycles. The van der Waals surface area contributed by atoms with Crippen molar-refractivity contribution in [1.29, 1.82) is 0 Å². The van der Waals surface area contributed by atoms with Crippen LogP contribution in [0.5, 0.6) is 0 Å². The van der Waals surface area contributed by atoms with Crippen LogP contribution in [0.1, 0.15) is 11.1 Å². The Morgan fingerprint density at radius 1 is 1.26 bits per heavy atom. The molecule has 0 bridgehead atoms. The molecule has 0 saturated carbocycles. The van der Waals surface area contributed by atoms with Crippen molar-refractivity contribution in [3.63, 3.8) is 0 Å². The standard InChI is InChI=1S/C12H16BrN3O2.ClH/c1-8-4-10(13)3-2-9(8)6-15-12(18)7-16-11(17)5-14;/h2-4H,5-7,14H2,1H3,(H,15,18)(H,16,17);1H. The highest BCUT2D eigenvalue weighted by atomic mass is 79.9. The molecule has 4 N–H and O–H groups in total. The van der Waals surface area contributed by atoms with Crippen LogP contribution in [0.4, 0.5) is 0 Å². The molecule has 106 valence electrons. The molecule has 0 aliphatic rings. The molecule has 1 aromatic rings. The summed E-state index contributed by atoms with van der Waals surface area (Å²) in [7, 11) is 0. The zero-order valence-electron chi connectivity index (χ0n) is 10.5. The predicted octanol–water partition coefficient (Wildman–Crippen LogP) is 0.870. The summed E-state index contributed by atoms with van der Waals surface area (Å²) in [5, 5.41) is 5.14. The first-order valence-electron chi connectivity index (χ1n) is 5.51. The molecule has 0 spiro atoms. The Kier molecular flexibility index (Phi) is 8.38. The molecule has 0 aliphatic heterocycles. The molecule has 0 aromatic heterocycles. The van der Waals surface area contributed by atoms with Gasteiger partial charge in [0.2, 0.25) is 11.8 Å². The summed E-state index contributed by atoms with van der Waals surface area (Å²) in [4.78, 5) is 22.3. The third-order valence-corrected chi connectivity index (χ3v) is 2.91. The number of nitrogens with one attached hydrogen (secondary N) is 2. The summed E-state index contributed by atoms with van der Waals surface area (Å²) >= 11 is 3.38. The fourth-order valence-corrected chi connectivity index (χ4v) is 1.84. The molecule has 0 aliphatic carbocycles. The molecular weight excluding hydrogens is 334 g/mol. The first-order chi connectivity index (χ1) is 8.52. The van der Waals surface area contributed by atoms with Crippen LogP contribution in [0.3, 0.4) is 0 Å². The molecule has 0 unspecified atom stereocenters. The fraction of sp³-hybridized carbons (Fsp3) is 0.333. The summed E-state index contributed by atoms with van der Waals surface area (Å²) < 4.78 is 1.00. The van der Waals surface area contributed by atoms with E-state index in [0.717, 1.165) is 15.6 Å². The van der Waals surface area contributed by atoms with Gasteiger partial charge in [0, 0.05) is 11.0 Å². The molecule has 0 radical (unpaired) electrons. The van der Waals surface area contributed by atoms with Gasteiger partial charge in [0.25, 0.3) is 0 Å². The molecule has 2 amide bonds. The minimum absolute atomic E-state index is 0. The number of nitrogens with two attached hydrogens (primary N) is 1. The van der Waals surface area contributed by atoms with Gasteiger partial charge < -0.3 is 16.4 Å². The number of hydrogen-bond donors (Lipinski definition) is 3. The first kappa shape index (κ1) is 17.9. The minimum atomic E-state index is -0.343. The number of aryl methyl sites for hydroxylation is 1. The lowest BCUT2D eigenvalue weighted by Gasteiger charge is -2.09. The van der Waals surface area contributed by atoms with Gasteiger partial charge in [-0.3, -0.25) is 9.59 Å². The van der Waals surface area contributed by atoms with Gasteiger partial charge in [-0.2, -0.15) is 0 Å². The zero-order chi connectivity index (χ0) is 13.5. The van der Waals surface area contributed by atoms with Crippen molar-refractivity contribution >= 4 is 40.2 Å². The Labute approximate surface area is 126 Å². The molecular formula is C12H17BrClN3O2. The van der Waals surface area contributed by atoms with Crippen LogP contribution in [-0.2, 0) is 16.1 Å². The summed E-state index contributed by atoms with van der Waals surface area (Å²) in [6.45, 7) is 2.25. The monoisotopic (exact) mass is 349 g/mol. The van der Waals surface area contributed by atoms with E-state index >= 15 is 0 Å². The fourth-order valence-electron chi connectivity index (χ4n) is 1.36. The van der Waals surface area contributed by atoms with Gasteiger partial charge in [0.1, 0.15) is 0 Å². The number of benzene rings is 1. The number of carbonyl (C=O) groups is 2. The second-order valence-corrected chi connectivity index (χ2v) is 4.74. The SMILES string of the molecule is Cc1cc(Br)ccc1CNC(=O)CNC(=O)CN.Cl. The van der Waals surface area contributed by atoms with Gasteiger partial charge in [-0.05, 0) is 30.2 Å². The van der Waals surface area contributed by atoms with Crippen molar-refractivity contribution in [3.8, 4) is 0 Å². The Morgan fingerprint density at radius 2 is 1.95 bits per heavy atom. The lowest BCUT2D eigenvalue weighted by Crippen LogP contribution is -2.39. The highest BCUT2D eigenvalue weighted by Gasteiger charge is 2.05. The van der Waals surface area contributed by atoms with Crippen LogP contribution in [0.25, 0.3) is 0 Å². The molecule has 0 fully saturated rings. The van der Waals surface area contributed by atoms with Crippen molar-refractivity contribution in [2.75, 3.05) is 13.1 Å². The van der Waals surface area contributed by atoms with Crippen molar-refractivity contribution < 1.29 is 9.59 Å². The summed E-state index contributed by atoms with van der Waals surface area (Å²) in [6.07, 6.45) is 0. The predicted molar refractivity (Wildman–Crippen MR) is 80.0 cm³/mol. The topological polar surface area (TPSA) is 84.2 Å². The minimum Gasteiger partial charge on any atom is -0.350 e. The lowest BCUT2D eigenvalue weighted by atomic mass is 10.1. The van der Waals surface area contributed by atoms with E-state index in [-0.39, 0.29) is 37.3 Å². The number of hydrogen-bond acceptors (Lipinski definition) is 3. The van der Waals surface area contributed by atoms with Gasteiger partial charge >= 0.3 is 0 Å². The van der Waals surface area contributed by atoms with Crippen molar-refractivity contribution in [2.45, 2.75) is 13.5 Å². The van der Waals surface area contributed by atoms with Gasteiger partial charge in [-0.25, -0.2) is 0 Å². The van der Waals surface area contributed by atoms with E-state index in [4.69, 9.17) is 5.73 Å². The second kappa shape index (κ2) is 8.90. The molecule has 0 heterocycles. The van der Waals surface area contributed by atoms with E-state index in [1.54, 1.807) is 0 Å². The number of halogens is 2. The number of carbonyl (C=O) groups excluding carboxylic acids is 2. The van der Waals surface area contributed by atoms with Gasteiger partial charge in [0.15, 0.2) is 0 Å². The van der Waals surface area contributed by atoms with Crippen LogP contribution < -0.4 is 16.4 Å². The quantitative estimate of drug-likeness (QED) is 0.737. The van der Waals surface area contributed by atoms with Gasteiger partial charge in [-0.15, -0.1) is 12.4 Å².